The van der Waals surface area contributed by atoms with E-state index in [9.17, 15) is 0 Å². The molecule has 7 radical (unpaired) electrons. The number of nitrogens with zero attached hydrogens (tertiary/aromatic N) is 2. The van der Waals surface area contributed by atoms with Gasteiger partial charge in [-0.15, -0.1) is 0 Å². The second-order valence-corrected chi connectivity index (χ2v) is 4.93. The molecule has 0 unspecified atom stereocenters. The maximum Gasteiger partial charge on any atom is 0.409 e. The highest BCUT2D eigenvalue weighted by atomic mass is 28.3. The first-order valence-electron chi connectivity index (χ1n) is 3.70. The Balaban J connectivity index is 2.19. The maximum atomic E-state index is 5.25. The molecule has 1 aromatic heterocycles. The summed E-state index contributed by atoms with van der Waals surface area (Å²) in [4.78, 5) is 0. The van der Waals surface area contributed by atoms with Crippen LogP contribution < -0.4 is 5.19 Å². The average Bonchev–Trinajstić information content (AvgIpc) is 2.67. The van der Waals surface area contributed by atoms with E-state index >= 15 is 0 Å². The van der Waals surface area contributed by atoms with Gasteiger partial charge in [-0.3, -0.25) is 0 Å². The zero-order valence-corrected chi connectivity index (χ0v) is 9.94. The van der Waals surface area contributed by atoms with Gasteiger partial charge in [0.1, 0.15) is 11.0 Å². The molecule has 2 aromatic rings. The van der Waals surface area contributed by atoms with Gasteiger partial charge in [0.2, 0.25) is 10.5 Å². The van der Waals surface area contributed by atoms with Crippen molar-refractivity contribution in [1.29, 1.82) is 0 Å². The van der Waals surface area contributed by atoms with E-state index in [4.69, 9.17) is 4.12 Å². The van der Waals surface area contributed by atoms with Crippen molar-refractivity contribution in [2.75, 3.05) is 0 Å². The Morgan fingerprint density at radius 2 is 2.29 bits per heavy atom. The van der Waals surface area contributed by atoms with Gasteiger partial charge in [-0.1, -0.05) is 12.1 Å². The van der Waals surface area contributed by atoms with Crippen LogP contribution in [0.4, 0.5) is 0 Å². The third-order valence-electron chi connectivity index (χ3n) is 1.59. The average molecular weight is 234 g/mol. The smallest absolute Gasteiger partial charge is 0.409 e. The van der Waals surface area contributed by atoms with Crippen LogP contribution in [0.1, 0.15) is 0 Å². The largest absolute Gasteiger partial charge is 0.435 e. The van der Waals surface area contributed by atoms with Gasteiger partial charge in [-0.05, 0) is 11.3 Å². The van der Waals surface area contributed by atoms with E-state index < -0.39 is 0 Å². The van der Waals surface area contributed by atoms with Gasteiger partial charge in [0.05, 0.1) is 0 Å². The molecule has 1 aromatic carbocycles. The van der Waals surface area contributed by atoms with Crippen LogP contribution in [0.25, 0.3) is 11.0 Å². The third kappa shape index (κ3) is 1.99. The van der Waals surface area contributed by atoms with Crippen molar-refractivity contribution in [3.8, 4) is 0 Å². The Labute approximate surface area is 88.7 Å². The van der Waals surface area contributed by atoms with Crippen molar-refractivity contribution in [2.45, 2.75) is 0 Å². The first kappa shape index (κ1) is 9.73. The summed E-state index contributed by atoms with van der Waals surface area (Å²) in [5.41, 5.74) is 1.70. The predicted molar refractivity (Wildman–Crippen MR) is 53.0 cm³/mol. The van der Waals surface area contributed by atoms with Gasteiger partial charge in [-0.2, -0.15) is 15.4 Å². The molecule has 2 rings (SSSR count). The standard InChI is InChI=1S/C6H4N3O2Si3/c12-10-14-11-13-5-3-1-2-4-6(5)8-9-7-4/h1-3H,(H,7,8,9). The molecule has 8 heteroatoms. The van der Waals surface area contributed by atoms with E-state index in [-0.39, 0.29) is 19.8 Å². The lowest BCUT2D eigenvalue weighted by molar-refractivity contribution is 0.508. The number of rotatable bonds is 4. The number of benzene rings is 1. The van der Waals surface area contributed by atoms with Crippen molar-refractivity contribution in [2.24, 2.45) is 0 Å². The third-order valence-corrected chi connectivity index (χ3v) is 3.29. The van der Waals surface area contributed by atoms with Gasteiger partial charge in [0.25, 0.3) is 9.76 Å². The SMILES string of the molecule is [Si]O[Si]O[Si]c1cccc2n[nH]nc12. The van der Waals surface area contributed by atoms with Gasteiger partial charge in [-0.25, -0.2) is 0 Å². The molecule has 0 fully saturated rings. The molecule has 67 valence electrons. The summed E-state index contributed by atoms with van der Waals surface area (Å²) >= 11 is 0. The minimum Gasteiger partial charge on any atom is -0.435 e. The monoisotopic (exact) mass is 234 g/mol. The summed E-state index contributed by atoms with van der Waals surface area (Å²) < 4.78 is 9.88. The summed E-state index contributed by atoms with van der Waals surface area (Å²) in [5, 5.41) is 11.6. The molecular weight excluding hydrogens is 230 g/mol. The molecule has 5 nitrogen and oxygen atoms in total. The van der Waals surface area contributed by atoms with Crippen LogP contribution in [0.5, 0.6) is 0 Å². The van der Waals surface area contributed by atoms with E-state index in [1.807, 2.05) is 18.2 Å². The topological polar surface area (TPSA) is 60.0 Å². The summed E-state index contributed by atoms with van der Waals surface area (Å²) in [6.07, 6.45) is 0. The molecule has 0 saturated heterocycles. The van der Waals surface area contributed by atoms with E-state index in [0.29, 0.717) is 0 Å². The molecule has 0 aliphatic carbocycles. The molecular formula is C6H4N3O2Si3. The molecule has 0 amide bonds. The fraction of sp³-hybridized carbons (Fsp3) is 0. The number of nitrogens with one attached hydrogen (secondary N) is 1. The minimum absolute atomic E-state index is 0.0114. The van der Waals surface area contributed by atoms with Crippen molar-refractivity contribution in [3.63, 3.8) is 0 Å². The van der Waals surface area contributed by atoms with E-state index in [1.54, 1.807) is 0 Å². The normalized spacial score (nSPS) is 10.9. The second kappa shape index (κ2) is 4.61. The van der Waals surface area contributed by atoms with Gasteiger partial charge < -0.3 is 8.23 Å². The first-order valence-corrected chi connectivity index (χ1v) is 5.84. The van der Waals surface area contributed by atoms with E-state index in [1.165, 1.54) is 0 Å². The summed E-state index contributed by atoms with van der Waals surface area (Å²) in [5.74, 6) is 0. The van der Waals surface area contributed by atoms with Crippen molar-refractivity contribution < 1.29 is 8.23 Å². The first-order chi connectivity index (χ1) is 6.92. The Morgan fingerprint density at radius 1 is 1.36 bits per heavy atom. The van der Waals surface area contributed by atoms with Crippen LogP contribution in [0, 0.1) is 0 Å². The predicted octanol–water partition coefficient (Wildman–Crippen LogP) is -1.15. The van der Waals surface area contributed by atoms with Gasteiger partial charge in [0.15, 0.2) is 0 Å². The molecule has 0 saturated carbocycles. The van der Waals surface area contributed by atoms with Crippen LogP contribution in [0.2, 0.25) is 0 Å². The zero-order chi connectivity index (χ0) is 9.80. The highest BCUT2D eigenvalue weighted by Crippen LogP contribution is 2.02. The molecule has 0 atom stereocenters. The molecule has 0 aliphatic heterocycles. The van der Waals surface area contributed by atoms with Crippen molar-refractivity contribution >= 4 is 46.5 Å². The number of aromatic amines is 1. The number of fused-ring (bicyclic) bond motifs is 1. The Bertz CT molecular complexity index is 421. The highest BCUT2D eigenvalue weighted by molar-refractivity contribution is 6.56. The fourth-order valence-electron chi connectivity index (χ4n) is 1.05. The van der Waals surface area contributed by atoms with Crippen LogP contribution in [0.15, 0.2) is 18.2 Å². The summed E-state index contributed by atoms with van der Waals surface area (Å²) in [7, 11) is 3.07. The molecule has 14 heavy (non-hydrogen) atoms. The van der Waals surface area contributed by atoms with E-state index in [2.05, 4.69) is 30.0 Å². The number of H-pyrrole nitrogens is 1. The number of hydrogen-bond acceptors (Lipinski definition) is 4. The maximum absolute atomic E-state index is 5.25. The number of aromatic nitrogens is 3. The van der Waals surface area contributed by atoms with Crippen LogP contribution in [0.3, 0.4) is 0 Å². The summed E-state index contributed by atoms with van der Waals surface area (Å²) in [6.45, 7) is 0. The van der Waals surface area contributed by atoms with Crippen LogP contribution in [-0.4, -0.2) is 45.7 Å². The van der Waals surface area contributed by atoms with Gasteiger partial charge in [0, 0.05) is 0 Å². The van der Waals surface area contributed by atoms with Crippen molar-refractivity contribution in [3.05, 3.63) is 18.2 Å². The Hall–Kier alpha value is -0.809. The fourth-order valence-corrected chi connectivity index (χ4v) is 2.64. The van der Waals surface area contributed by atoms with Gasteiger partial charge >= 0.3 is 10.0 Å². The second-order valence-electron chi connectivity index (χ2n) is 2.39. The zero-order valence-electron chi connectivity index (χ0n) is 6.94. The van der Waals surface area contributed by atoms with E-state index in [0.717, 1.165) is 16.2 Å². The number of para-hydroxylation sites is 1. The molecule has 1 N–H and O–H groups in total. The lowest BCUT2D eigenvalue weighted by Crippen LogP contribution is -2.21. The molecule has 0 spiro atoms. The molecule has 0 aliphatic rings. The molecule has 1 heterocycles. The Kier molecular flexibility index (Phi) is 3.21. The van der Waals surface area contributed by atoms with Crippen molar-refractivity contribution in [1.82, 2.24) is 15.4 Å². The summed E-state index contributed by atoms with van der Waals surface area (Å²) in [6, 6.07) is 5.78. The number of hydrogen-bond donors (Lipinski definition) is 1. The Morgan fingerprint density at radius 3 is 3.14 bits per heavy atom. The molecule has 0 bridgehead atoms. The van der Waals surface area contributed by atoms with Crippen LogP contribution >= 0.6 is 0 Å². The lowest BCUT2D eigenvalue weighted by atomic mass is 10.3. The lowest BCUT2D eigenvalue weighted by Gasteiger charge is -1.98. The highest BCUT2D eigenvalue weighted by Gasteiger charge is 2.06. The quantitative estimate of drug-likeness (QED) is 0.536. The minimum atomic E-state index is -0.0114. The van der Waals surface area contributed by atoms with Crippen LogP contribution in [-0.2, 0) is 8.23 Å².